The van der Waals surface area contributed by atoms with Crippen LogP contribution in [0.25, 0.3) is 28.1 Å². The number of carbonyl (C=O) groups excluding carboxylic acids is 1. The Balaban J connectivity index is 2.02. The van der Waals surface area contributed by atoms with E-state index >= 15 is 0 Å². The van der Waals surface area contributed by atoms with Gasteiger partial charge in [-0.15, -0.1) is 0 Å². The van der Waals surface area contributed by atoms with Crippen LogP contribution in [0.15, 0.2) is 77.8 Å². The van der Waals surface area contributed by atoms with Gasteiger partial charge in [0.05, 0.1) is 11.0 Å². The maximum Gasteiger partial charge on any atom is 0.236 e. The summed E-state index contributed by atoms with van der Waals surface area (Å²) in [5, 5.41) is 0.758. The number of aromatic nitrogens is 3. The van der Waals surface area contributed by atoms with Crippen molar-refractivity contribution in [3.63, 3.8) is 0 Å². The molecule has 0 spiro atoms. The first kappa shape index (κ1) is 15.6. The number of thioether (sulfide) groups is 1. The molecule has 0 aliphatic rings. The van der Waals surface area contributed by atoms with E-state index < -0.39 is 0 Å². The Kier molecular flexibility index (Phi) is 4.07. The largest absolute Gasteiger partial charge is 0.282 e. The molecule has 0 N–H and O–H groups in total. The minimum Gasteiger partial charge on any atom is -0.282 e. The summed E-state index contributed by atoms with van der Waals surface area (Å²) in [5.74, 6) is 0.607. The van der Waals surface area contributed by atoms with Gasteiger partial charge in [0.15, 0.2) is 0 Å². The van der Waals surface area contributed by atoms with Crippen LogP contribution in [0.1, 0.15) is 6.92 Å². The Hall–Kier alpha value is -2.92. The summed E-state index contributed by atoms with van der Waals surface area (Å²) in [6.45, 7) is 1.84. The monoisotopic (exact) mass is 345 g/mol. The Morgan fingerprint density at radius 3 is 2.48 bits per heavy atom. The quantitative estimate of drug-likeness (QED) is 0.397. The Bertz CT molecular complexity index is 1100. The van der Waals surface area contributed by atoms with Gasteiger partial charge < -0.3 is 0 Å². The lowest BCUT2D eigenvalue weighted by Gasteiger charge is -2.02. The second-order valence-electron chi connectivity index (χ2n) is 5.48. The molecular formula is C20H15N3OS. The van der Waals surface area contributed by atoms with E-state index in [2.05, 4.69) is 4.98 Å². The van der Waals surface area contributed by atoms with Gasteiger partial charge in [-0.2, -0.15) is 0 Å². The number of allylic oxidation sites excluding steroid dienone is 1. The second kappa shape index (κ2) is 6.53. The standard InChI is InChI=1S/C20H15N3OS/c1-2-9-17(24)25-19-18(14-10-5-3-6-11-14)22-20-21-15-12-7-4-8-13-16(15)23(19)20/h2-13H,1H3. The minimum atomic E-state index is -0.0314. The number of hydrogen-bond acceptors (Lipinski definition) is 4. The number of benzene rings is 1. The molecule has 4 aromatic rings. The number of fused-ring (bicyclic) bond motifs is 3. The summed E-state index contributed by atoms with van der Waals surface area (Å²) in [6, 6.07) is 19.7. The molecule has 2 aromatic carbocycles. The van der Waals surface area contributed by atoms with Gasteiger partial charge in [0, 0.05) is 5.56 Å². The Morgan fingerprint density at radius 2 is 1.72 bits per heavy atom. The van der Waals surface area contributed by atoms with Crippen molar-refractivity contribution in [2.75, 3.05) is 0 Å². The first-order valence-electron chi connectivity index (χ1n) is 7.95. The fourth-order valence-corrected chi connectivity index (χ4v) is 3.68. The van der Waals surface area contributed by atoms with Crippen LogP contribution in [0.2, 0.25) is 0 Å². The van der Waals surface area contributed by atoms with Crippen LogP contribution in [0, 0.1) is 0 Å². The molecule has 122 valence electrons. The SMILES string of the molecule is CC=CC(=O)Sc1c(-c2ccccc2)nc2nc3cccccc3n12. The van der Waals surface area contributed by atoms with E-state index in [1.165, 1.54) is 11.8 Å². The van der Waals surface area contributed by atoms with Crippen LogP contribution >= 0.6 is 11.8 Å². The molecule has 0 aliphatic heterocycles. The lowest BCUT2D eigenvalue weighted by atomic mass is 10.2. The average Bonchev–Trinajstić information content (AvgIpc) is 3.03. The van der Waals surface area contributed by atoms with Gasteiger partial charge in [0.1, 0.15) is 10.7 Å². The number of rotatable bonds is 3. The van der Waals surface area contributed by atoms with E-state index in [1.54, 1.807) is 12.2 Å². The fraction of sp³-hybridized carbons (Fsp3) is 0.0500. The number of hydrogen-bond donors (Lipinski definition) is 0. The van der Waals surface area contributed by atoms with Crippen molar-refractivity contribution in [3.05, 3.63) is 72.8 Å². The van der Waals surface area contributed by atoms with E-state index in [4.69, 9.17) is 4.98 Å². The van der Waals surface area contributed by atoms with Crippen molar-refractivity contribution in [2.24, 2.45) is 0 Å². The molecule has 0 fully saturated rings. The number of imidazole rings is 2. The van der Waals surface area contributed by atoms with Crippen LogP contribution in [-0.2, 0) is 4.79 Å². The first-order valence-corrected chi connectivity index (χ1v) is 8.76. The lowest BCUT2D eigenvalue weighted by Crippen LogP contribution is -1.91. The minimum absolute atomic E-state index is 0.0314. The Morgan fingerprint density at radius 1 is 1.00 bits per heavy atom. The molecule has 0 saturated heterocycles. The van der Waals surface area contributed by atoms with Gasteiger partial charge in [-0.3, -0.25) is 9.20 Å². The molecule has 0 unspecified atom stereocenters. The molecular weight excluding hydrogens is 330 g/mol. The van der Waals surface area contributed by atoms with Crippen LogP contribution in [0.3, 0.4) is 0 Å². The van der Waals surface area contributed by atoms with E-state index in [0.29, 0.717) is 5.78 Å². The van der Waals surface area contributed by atoms with E-state index in [-0.39, 0.29) is 5.12 Å². The molecule has 4 rings (SSSR count). The molecule has 0 atom stereocenters. The third-order valence-corrected chi connectivity index (χ3v) is 4.73. The van der Waals surface area contributed by atoms with Crippen molar-refractivity contribution in [3.8, 4) is 11.3 Å². The van der Waals surface area contributed by atoms with Gasteiger partial charge in [0.2, 0.25) is 10.9 Å². The number of nitrogens with zero attached hydrogens (tertiary/aromatic N) is 3. The van der Waals surface area contributed by atoms with Gasteiger partial charge in [-0.05, 0) is 36.9 Å². The van der Waals surface area contributed by atoms with E-state index in [0.717, 1.165) is 27.3 Å². The smallest absolute Gasteiger partial charge is 0.236 e. The average molecular weight is 345 g/mol. The molecule has 2 heterocycles. The molecule has 5 heteroatoms. The number of carbonyl (C=O) groups is 1. The highest BCUT2D eigenvalue weighted by Crippen LogP contribution is 2.34. The van der Waals surface area contributed by atoms with Gasteiger partial charge in [0.25, 0.3) is 0 Å². The van der Waals surface area contributed by atoms with Crippen molar-refractivity contribution >= 4 is 33.7 Å². The molecule has 0 amide bonds. The van der Waals surface area contributed by atoms with E-state index in [1.807, 2.05) is 72.0 Å². The predicted molar refractivity (Wildman–Crippen MR) is 102 cm³/mol. The molecule has 4 nitrogen and oxygen atoms in total. The molecule has 0 radical (unpaired) electrons. The zero-order chi connectivity index (χ0) is 17.2. The van der Waals surface area contributed by atoms with Gasteiger partial charge in [-0.25, -0.2) is 9.97 Å². The molecule has 0 aliphatic carbocycles. The first-order chi connectivity index (χ1) is 12.3. The third kappa shape index (κ3) is 2.83. The summed E-state index contributed by atoms with van der Waals surface area (Å²) in [4.78, 5) is 21.6. The van der Waals surface area contributed by atoms with Crippen molar-refractivity contribution in [1.29, 1.82) is 0 Å². The molecule has 25 heavy (non-hydrogen) atoms. The molecule has 2 aromatic heterocycles. The summed E-state index contributed by atoms with van der Waals surface area (Å²) < 4.78 is 1.96. The van der Waals surface area contributed by atoms with Crippen molar-refractivity contribution in [2.45, 2.75) is 11.9 Å². The predicted octanol–water partition coefficient (Wildman–Crippen LogP) is 4.74. The Labute approximate surface area is 149 Å². The maximum atomic E-state index is 12.3. The zero-order valence-corrected chi connectivity index (χ0v) is 14.4. The second-order valence-corrected chi connectivity index (χ2v) is 6.47. The highest BCUT2D eigenvalue weighted by atomic mass is 32.2. The normalized spacial score (nSPS) is 11.6. The molecule has 0 bridgehead atoms. The van der Waals surface area contributed by atoms with Crippen molar-refractivity contribution in [1.82, 2.24) is 14.4 Å². The van der Waals surface area contributed by atoms with Gasteiger partial charge in [-0.1, -0.05) is 54.6 Å². The maximum absolute atomic E-state index is 12.3. The van der Waals surface area contributed by atoms with E-state index in [9.17, 15) is 4.79 Å². The van der Waals surface area contributed by atoms with Crippen LogP contribution in [0.5, 0.6) is 0 Å². The third-order valence-electron chi connectivity index (χ3n) is 3.82. The summed E-state index contributed by atoms with van der Waals surface area (Å²) >= 11 is 1.18. The van der Waals surface area contributed by atoms with Gasteiger partial charge >= 0.3 is 0 Å². The highest BCUT2D eigenvalue weighted by molar-refractivity contribution is 8.14. The zero-order valence-electron chi connectivity index (χ0n) is 13.6. The lowest BCUT2D eigenvalue weighted by molar-refractivity contribution is -0.107. The van der Waals surface area contributed by atoms with Crippen LogP contribution < -0.4 is 0 Å². The summed E-state index contributed by atoms with van der Waals surface area (Å²) in [5.41, 5.74) is 3.54. The fourth-order valence-electron chi connectivity index (χ4n) is 2.75. The summed E-state index contributed by atoms with van der Waals surface area (Å²) in [7, 11) is 0. The summed E-state index contributed by atoms with van der Waals surface area (Å²) in [6.07, 6.45) is 3.31. The highest BCUT2D eigenvalue weighted by Gasteiger charge is 2.20. The molecule has 0 saturated carbocycles. The van der Waals surface area contributed by atoms with Crippen LogP contribution in [-0.4, -0.2) is 19.5 Å². The topological polar surface area (TPSA) is 47.3 Å². The van der Waals surface area contributed by atoms with Crippen LogP contribution in [0.4, 0.5) is 0 Å². The van der Waals surface area contributed by atoms with Crippen molar-refractivity contribution < 1.29 is 4.79 Å².